The number of piperidine rings is 1. The molecule has 2 aromatic rings. The first-order chi connectivity index (χ1) is 14.6. The van der Waals surface area contributed by atoms with Gasteiger partial charge in [-0.1, -0.05) is 12.6 Å². The second kappa shape index (κ2) is 9.21. The van der Waals surface area contributed by atoms with Crippen molar-refractivity contribution in [2.24, 2.45) is 0 Å². The van der Waals surface area contributed by atoms with Gasteiger partial charge in [0.15, 0.2) is 11.6 Å². The van der Waals surface area contributed by atoms with Gasteiger partial charge in [-0.05, 0) is 68.1 Å². The number of hydrogen-bond donors (Lipinski definition) is 3. The zero-order valence-electron chi connectivity index (χ0n) is 17.0. The summed E-state index contributed by atoms with van der Waals surface area (Å²) in [5.41, 5.74) is 3.54. The molecule has 8 heteroatoms. The van der Waals surface area contributed by atoms with Gasteiger partial charge in [-0.15, -0.1) is 0 Å². The number of likely N-dealkylation sites (tertiary alicyclic amines) is 1. The number of rotatable bonds is 5. The first kappa shape index (κ1) is 20.3. The molecule has 2 aliphatic heterocycles. The van der Waals surface area contributed by atoms with Crippen LogP contribution in [-0.4, -0.2) is 53.0 Å². The molecule has 0 spiro atoms. The molecular formula is C22H27FN6O. The molecule has 1 atom stereocenters. The van der Waals surface area contributed by atoms with Crippen LogP contribution in [0.3, 0.4) is 0 Å². The lowest BCUT2D eigenvalue weighted by Crippen LogP contribution is -2.44. The number of carbonyl (C=O) groups is 1. The van der Waals surface area contributed by atoms with E-state index in [1.54, 1.807) is 4.90 Å². The third-order valence-electron chi connectivity index (χ3n) is 5.60. The lowest BCUT2D eigenvalue weighted by molar-refractivity contribution is -0.127. The standard InChI is InChI=1S/C22H27FN6O/c1-2-20(30)29-11-3-4-18(14-29)26-21-19(23)13-25-22(28-21)27-17-6-5-15-7-9-24-10-8-16(15)12-17/h2,5-6,12-13,18,24H,1,3-4,7-11,14H2,(H2,25,26,27,28). The predicted molar refractivity (Wildman–Crippen MR) is 115 cm³/mol. The Morgan fingerprint density at radius 2 is 2.13 bits per heavy atom. The van der Waals surface area contributed by atoms with Crippen LogP contribution >= 0.6 is 0 Å². The average Bonchev–Trinajstić information content (AvgIpc) is 3.01. The Labute approximate surface area is 175 Å². The van der Waals surface area contributed by atoms with Crippen molar-refractivity contribution in [3.63, 3.8) is 0 Å². The zero-order chi connectivity index (χ0) is 20.9. The summed E-state index contributed by atoms with van der Waals surface area (Å²) in [6, 6.07) is 6.17. The summed E-state index contributed by atoms with van der Waals surface area (Å²) in [4.78, 5) is 22.0. The van der Waals surface area contributed by atoms with Crippen LogP contribution in [0.15, 0.2) is 37.1 Å². The van der Waals surface area contributed by atoms with Crippen LogP contribution in [-0.2, 0) is 17.6 Å². The lowest BCUT2D eigenvalue weighted by Gasteiger charge is -2.32. The summed E-state index contributed by atoms with van der Waals surface area (Å²) in [6.07, 6.45) is 6.16. The van der Waals surface area contributed by atoms with Gasteiger partial charge in [0.1, 0.15) is 0 Å². The lowest BCUT2D eigenvalue weighted by atomic mass is 10.0. The van der Waals surface area contributed by atoms with Crippen LogP contribution in [0.2, 0.25) is 0 Å². The topological polar surface area (TPSA) is 82.2 Å². The van der Waals surface area contributed by atoms with E-state index >= 15 is 0 Å². The molecule has 0 bridgehead atoms. The highest BCUT2D eigenvalue weighted by molar-refractivity contribution is 5.87. The second-order valence-electron chi connectivity index (χ2n) is 7.72. The number of halogens is 1. The van der Waals surface area contributed by atoms with E-state index in [4.69, 9.17) is 0 Å². The maximum Gasteiger partial charge on any atom is 0.246 e. The van der Waals surface area contributed by atoms with Crippen LogP contribution in [0.5, 0.6) is 0 Å². The molecule has 1 unspecified atom stereocenters. The minimum absolute atomic E-state index is 0.0695. The Bertz CT molecular complexity index is 934. The van der Waals surface area contributed by atoms with Crippen LogP contribution in [0.4, 0.5) is 21.8 Å². The van der Waals surface area contributed by atoms with Crippen molar-refractivity contribution in [2.75, 3.05) is 36.8 Å². The van der Waals surface area contributed by atoms with Gasteiger partial charge in [0, 0.05) is 24.8 Å². The number of aromatic nitrogens is 2. The van der Waals surface area contributed by atoms with E-state index < -0.39 is 5.82 Å². The monoisotopic (exact) mass is 410 g/mol. The molecule has 3 N–H and O–H groups in total. The Hall–Kier alpha value is -3.00. The largest absolute Gasteiger partial charge is 0.363 e. The highest BCUT2D eigenvalue weighted by atomic mass is 19.1. The summed E-state index contributed by atoms with van der Waals surface area (Å²) >= 11 is 0. The van der Waals surface area contributed by atoms with Gasteiger partial charge >= 0.3 is 0 Å². The van der Waals surface area contributed by atoms with E-state index in [0.29, 0.717) is 19.0 Å². The van der Waals surface area contributed by atoms with Crippen molar-refractivity contribution in [3.8, 4) is 0 Å². The summed E-state index contributed by atoms with van der Waals surface area (Å²) in [7, 11) is 0. The minimum atomic E-state index is -0.513. The number of amides is 1. The van der Waals surface area contributed by atoms with Gasteiger partial charge in [0.25, 0.3) is 0 Å². The number of carbonyl (C=O) groups excluding carboxylic acids is 1. The molecule has 158 valence electrons. The Kier molecular flexibility index (Phi) is 6.23. The molecule has 1 fully saturated rings. The molecule has 30 heavy (non-hydrogen) atoms. The van der Waals surface area contributed by atoms with Crippen molar-refractivity contribution in [1.29, 1.82) is 0 Å². The number of benzene rings is 1. The first-order valence-electron chi connectivity index (χ1n) is 10.4. The van der Waals surface area contributed by atoms with E-state index in [1.807, 2.05) is 6.07 Å². The summed E-state index contributed by atoms with van der Waals surface area (Å²) in [6.45, 7) is 6.68. The Morgan fingerprint density at radius 3 is 2.97 bits per heavy atom. The van der Waals surface area contributed by atoms with E-state index in [1.165, 1.54) is 23.4 Å². The number of nitrogens with zero attached hydrogens (tertiary/aromatic N) is 3. The van der Waals surface area contributed by atoms with Crippen LogP contribution in [0, 0.1) is 5.82 Å². The number of nitrogens with one attached hydrogen (secondary N) is 3. The summed E-state index contributed by atoms with van der Waals surface area (Å²) in [5.74, 6) is -0.143. The fourth-order valence-electron chi connectivity index (χ4n) is 4.03. The quantitative estimate of drug-likeness (QED) is 0.658. The molecule has 0 saturated carbocycles. The van der Waals surface area contributed by atoms with Crippen molar-refractivity contribution in [2.45, 2.75) is 31.7 Å². The molecule has 4 rings (SSSR count). The van der Waals surface area contributed by atoms with Gasteiger partial charge in [0.05, 0.1) is 6.20 Å². The minimum Gasteiger partial charge on any atom is -0.363 e. The molecular weight excluding hydrogens is 383 g/mol. The fourth-order valence-corrected chi connectivity index (χ4v) is 4.03. The van der Waals surface area contributed by atoms with E-state index in [2.05, 4.69) is 44.6 Å². The van der Waals surface area contributed by atoms with Crippen molar-refractivity contribution in [1.82, 2.24) is 20.2 Å². The molecule has 1 amide bonds. The van der Waals surface area contributed by atoms with E-state index in [9.17, 15) is 9.18 Å². The van der Waals surface area contributed by atoms with Crippen LogP contribution in [0.25, 0.3) is 0 Å². The third-order valence-corrected chi connectivity index (χ3v) is 5.60. The normalized spacial score (nSPS) is 18.8. The predicted octanol–water partition coefficient (Wildman–Crippen LogP) is 2.64. The van der Waals surface area contributed by atoms with Crippen molar-refractivity contribution < 1.29 is 9.18 Å². The molecule has 0 radical (unpaired) electrons. The number of hydrogen-bond acceptors (Lipinski definition) is 6. The van der Waals surface area contributed by atoms with Crippen molar-refractivity contribution >= 4 is 23.4 Å². The van der Waals surface area contributed by atoms with Gasteiger partial charge in [-0.2, -0.15) is 4.98 Å². The van der Waals surface area contributed by atoms with Gasteiger partial charge in [0.2, 0.25) is 11.9 Å². The van der Waals surface area contributed by atoms with Crippen LogP contribution < -0.4 is 16.0 Å². The third kappa shape index (κ3) is 4.76. The highest BCUT2D eigenvalue weighted by Crippen LogP contribution is 2.23. The fraction of sp³-hybridized carbons (Fsp3) is 0.409. The highest BCUT2D eigenvalue weighted by Gasteiger charge is 2.23. The van der Waals surface area contributed by atoms with Gasteiger partial charge in [-0.3, -0.25) is 4.79 Å². The Balaban J connectivity index is 1.46. The molecule has 2 aliphatic rings. The molecule has 3 heterocycles. The first-order valence-corrected chi connectivity index (χ1v) is 10.4. The summed E-state index contributed by atoms with van der Waals surface area (Å²) < 4.78 is 14.3. The van der Waals surface area contributed by atoms with Gasteiger partial charge in [-0.25, -0.2) is 9.37 Å². The smallest absolute Gasteiger partial charge is 0.246 e. The second-order valence-corrected chi connectivity index (χ2v) is 7.72. The summed E-state index contributed by atoms with van der Waals surface area (Å²) in [5, 5.41) is 9.73. The average molecular weight is 410 g/mol. The van der Waals surface area contributed by atoms with Crippen molar-refractivity contribution in [3.05, 3.63) is 54.0 Å². The van der Waals surface area contributed by atoms with Crippen LogP contribution in [0.1, 0.15) is 24.0 Å². The number of anilines is 3. The number of fused-ring (bicyclic) bond motifs is 1. The van der Waals surface area contributed by atoms with E-state index in [-0.39, 0.29) is 17.8 Å². The SMILES string of the molecule is C=CC(=O)N1CCCC(Nc2nc(Nc3ccc4c(c3)CCNCC4)ncc2F)C1. The molecule has 1 aromatic heterocycles. The maximum atomic E-state index is 14.3. The van der Waals surface area contributed by atoms with E-state index in [0.717, 1.165) is 44.5 Å². The Morgan fingerprint density at radius 1 is 1.30 bits per heavy atom. The maximum absolute atomic E-state index is 14.3. The zero-order valence-corrected chi connectivity index (χ0v) is 17.0. The molecule has 7 nitrogen and oxygen atoms in total. The molecule has 1 saturated heterocycles. The van der Waals surface area contributed by atoms with Gasteiger partial charge < -0.3 is 20.9 Å². The molecule has 1 aromatic carbocycles. The molecule has 0 aliphatic carbocycles.